The minimum atomic E-state index is -1.44. The van der Waals surface area contributed by atoms with Crippen LogP contribution in [0.4, 0.5) is 0 Å². The normalized spacial score (nSPS) is 27.3. The highest BCUT2D eigenvalue weighted by atomic mass is 16.4. The second-order valence-electron chi connectivity index (χ2n) is 5.92. The van der Waals surface area contributed by atoms with Crippen molar-refractivity contribution in [3.63, 3.8) is 0 Å². The van der Waals surface area contributed by atoms with E-state index in [2.05, 4.69) is 20.8 Å². The van der Waals surface area contributed by atoms with Gasteiger partial charge in [0.1, 0.15) is 0 Å². The molecule has 1 rings (SSSR count). The Balaban J connectivity index is 2.94. The maximum absolute atomic E-state index is 11.8. The highest BCUT2D eigenvalue weighted by molar-refractivity contribution is 6.31. The van der Waals surface area contributed by atoms with Crippen molar-refractivity contribution in [2.75, 3.05) is 13.2 Å². The SMILES string of the molecule is CC1CCC(C(C)C)C(N(CCO)C(=O)C(=O)O)C1. The van der Waals surface area contributed by atoms with Crippen LogP contribution in [0.25, 0.3) is 0 Å². The molecule has 0 saturated heterocycles. The summed E-state index contributed by atoms with van der Waals surface area (Å²) in [6.07, 6.45) is 2.95. The third-order valence-corrected chi connectivity index (χ3v) is 4.17. The van der Waals surface area contributed by atoms with Crippen LogP contribution in [-0.2, 0) is 9.59 Å². The van der Waals surface area contributed by atoms with Gasteiger partial charge in [0.25, 0.3) is 0 Å². The minimum absolute atomic E-state index is 0.0699. The number of rotatable bonds is 4. The number of hydrogen-bond donors (Lipinski definition) is 2. The van der Waals surface area contributed by atoms with Gasteiger partial charge in [-0.15, -0.1) is 0 Å². The fraction of sp³-hybridized carbons (Fsp3) is 0.857. The lowest BCUT2D eigenvalue weighted by Gasteiger charge is -2.43. The van der Waals surface area contributed by atoms with Crippen molar-refractivity contribution < 1.29 is 19.8 Å². The Hall–Kier alpha value is -1.10. The molecule has 2 N–H and O–H groups in total. The number of aliphatic hydroxyl groups is 1. The highest BCUT2D eigenvalue weighted by Crippen LogP contribution is 2.36. The Bertz CT molecular complexity index is 329. The van der Waals surface area contributed by atoms with Gasteiger partial charge in [-0.1, -0.05) is 27.2 Å². The van der Waals surface area contributed by atoms with Gasteiger partial charge in [-0.05, 0) is 30.6 Å². The van der Waals surface area contributed by atoms with Crippen LogP contribution in [0.2, 0.25) is 0 Å². The van der Waals surface area contributed by atoms with Gasteiger partial charge < -0.3 is 15.1 Å². The molecule has 110 valence electrons. The zero-order valence-corrected chi connectivity index (χ0v) is 12.0. The van der Waals surface area contributed by atoms with Crippen LogP contribution >= 0.6 is 0 Å². The molecule has 5 heteroatoms. The van der Waals surface area contributed by atoms with Crippen molar-refractivity contribution in [2.45, 2.75) is 46.1 Å². The van der Waals surface area contributed by atoms with Crippen LogP contribution in [0.3, 0.4) is 0 Å². The Morgan fingerprint density at radius 1 is 1.32 bits per heavy atom. The topological polar surface area (TPSA) is 77.8 Å². The number of carbonyl (C=O) groups excluding carboxylic acids is 1. The molecule has 3 unspecified atom stereocenters. The first-order chi connectivity index (χ1) is 8.88. The first kappa shape index (κ1) is 16.0. The average Bonchev–Trinajstić information content (AvgIpc) is 2.34. The molecule has 1 amide bonds. The molecule has 0 aromatic heterocycles. The smallest absolute Gasteiger partial charge is 0.394 e. The van der Waals surface area contributed by atoms with Gasteiger partial charge in [-0.25, -0.2) is 4.79 Å². The van der Waals surface area contributed by atoms with E-state index in [9.17, 15) is 9.59 Å². The standard InChI is InChI=1S/C14H25NO4/c1-9(2)11-5-4-10(3)8-12(11)15(6-7-16)13(17)14(18)19/h9-12,16H,4-8H2,1-3H3,(H,18,19). The summed E-state index contributed by atoms with van der Waals surface area (Å²) in [7, 11) is 0. The van der Waals surface area contributed by atoms with Gasteiger partial charge in [0.2, 0.25) is 0 Å². The third kappa shape index (κ3) is 3.93. The molecule has 0 heterocycles. The van der Waals surface area contributed by atoms with Gasteiger partial charge in [0, 0.05) is 12.6 Å². The number of hydrogen-bond acceptors (Lipinski definition) is 3. The van der Waals surface area contributed by atoms with E-state index in [-0.39, 0.29) is 19.2 Å². The van der Waals surface area contributed by atoms with Crippen molar-refractivity contribution in [3.05, 3.63) is 0 Å². The summed E-state index contributed by atoms with van der Waals surface area (Å²) >= 11 is 0. The summed E-state index contributed by atoms with van der Waals surface area (Å²) in [5, 5.41) is 18.0. The van der Waals surface area contributed by atoms with E-state index in [0.717, 1.165) is 19.3 Å². The van der Waals surface area contributed by atoms with Crippen molar-refractivity contribution in [1.29, 1.82) is 0 Å². The molecule has 0 aromatic rings. The number of amides is 1. The minimum Gasteiger partial charge on any atom is -0.474 e. The quantitative estimate of drug-likeness (QED) is 0.757. The molecule has 1 saturated carbocycles. The number of aliphatic hydroxyl groups excluding tert-OH is 1. The van der Waals surface area contributed by atoms with Gasteiger partial charge in [-0.3, -0.25) is 4.79 Å². The molecular weight excluding hydrogens is 246 g/mol. The highest BCUT2D eigenvalue weighted by Gasteiger charge is 2.38. The van der Waals surface area contributed by atoms with Gasteiger partial charge in [0.15, 0.2) is 0 Å². The Kier molecular flexibility index (Phi) is 5.79. The predicted molar refractivity (Wildman–Crippen MR) is 71.6 cm³/mol. The molecule has 0 radical (unpaired) electrons. The Morgan fingerprint density at radius 2 is 1.95 bits per heavy atom. The lowest BCUT2D eigenvalue weighted by Crippen LogP contribution is -2.51. The van der Waals surface area contributed by atoms with Crippen molar-refractivity contribution in [3.8, 4) is 0 Å². The Morgan fingerprint density at radius 3 is 2.42 bits per heavy atom. The summed E-state index contributed by atoms with van der Waals surface area (Å²) < 4.78 is 0. The monoisotopic (exact) mass is 271 g/mol. The molecule has 3 atom stereocenters. The van der Waals surface area contributed by atoms with Crippen LogP contribution in [0, 0.1) is 17.8 Å². The van der Waals surface area contributed by atoms with Gasteiger partial charge in [0.05, 0.1) is 6.61 Å². The van der Waals surface area contributed by atoms with E-state index >= 15 is 0 Å². The van der Waals surface area contributed by atoms with Crippen molar-refractivity contribution >= 4 is 11.9 Å². The maximum Gasteiger partial charge on any atom is 0.394 e. The van der Waals surface area contributed by atoms with E-state index in [1.807, 2.05) is 0 Å². The number of aliphatic carboxylic acids is 1. The zero-order valence-electron chi connectivity index (χ0n) is 12.0. The summed E-state index contributed by atoms with van der Waals surface area (Å²) in [5.41, 5.74) is 0. The van der Waals surface area contributed by atoms with Crippen LogP contribution in [0.15, 0.2) is 0 Å². The van der Waals surface area contributed by atoms with Crippen LogP contribution in [0.5, 0.6) is 0 Å². The molecule has 0 spiro atoms. The van der Waals surface area contributed by atoms with Crippen LogP contribution in [0.1, 0.15) is 40.0 Å². The van der Waals surface area contributed by atoms with Crippen LogP contribution in [-0.4, -0.2) is 46.2 Å². The molecular formula is C14H25NO4. The van der Waals surface area contributed by atoms with E-state index in [1.54, 1.807) is 0 Å². The van der Waals surface area contributed by atoms with Crippen molar-refractivity contribution in [2.24, 2.45) is 17.8 Å². The number of carboxylic acids is 1. The molecule has 0 bridgehead atoms. The predicted octanol–water partition coefficient (Wildman–Crippen LogP) is 1.35. The van der Waals surface area contributed by atoms with E-state index in [4.69, 9.17) is 10.2 Å². The molecule has 1 aliphatic carbocycles. The molecule has 1 aliphatic rings. The van der Waals surface area contributed by atoms with Crippen molar-refractivity contribution in [1.82, 2.24) is 4.90 Å². The number of carboxylic acid groups (broad SMARTS) is 1. The largest absolute Gasteiger partial charge is 0.474 e. The third-order valence-electron chi connectivity index (χ3n) is 4.17. The van der Waals surface area contributed by atoms with E-state index in [0.29, 0.717) is 17.8 Å². The second kappa shape index (κ2) is 6.89. The lowest BCUT2D eigenvalue weighted by molar-refractivity contribution is -0.159. The molecule has 0 aromatic carbocycles. The first-order valence-electron chi connectivity index (χ1n) is 7.03. The van der Waals surface area contributed by atoms with Crippen LogP contribution < -0.4 is 0 Å². The molecule has 19 heavy (non-hydrogen) atoms. The zero-order chi connectivity index (χ0) is 14.6. The summed E-state index contributed by atoms with van der Waals surface area (Å²) in [6, 6.07) is -0.0699. The first-order valence-corrected chi connectivity index (χ1v) is 7.03. The lowest BCUT2D eigenvalue weighted by atomic mass is 9.73. The van der Waals surface area contributed by atoms with E-state index in [1.165, 1.54) is 4.90 Å². The Labute approximate surface area is 114 Å². The van der Waals surface area contributed by atoms with Gasteiger partial charge >= 0.3 is 11.9 Å². The van der Waals surface area contributed by atoms with Gasteiger partial charge in [-0.2, -0.15) is 0 Å². The van der Waals surface area contributed by atoms with E-state index < -0.39 is 11.9 Å². The number of nitrogens with zero attached hydrogens (tertiary/aromatic N) is 1. The maximum atomic E-state index is 11.8. The molecule has 1 fully saturated rings. The summed E-state index contributed by atoms with van der Waals surface area (Å²) in [5.74, 6) is -1.12. The summed E-state index contributed by atoms with van der Waals surface area (Å²) in [4.78, 5) is 24.1. The number of carbonyl (C=O) groups is 2. The molecule has 0 aliphatic heterocycles. The second-order valence-corrected chi connectivity index (χ2v) is 5.92. The molecule has 5 nitrogen and oxygen atoms in total. The fourth-order valence-corrected chi connectivity index (χ4v) is 3.16. The average molecular weight is 271 g/mol. The fourth-order valence-electron chi connectivity index (χ4n) is 3.16. The summed E-state index contributed by atoms with van der Waals surface area (Å²) in [6.45, 7) is 6.25.